The molecule has 37 heavy (non-hydrogen) atoms. The van der Waals surface area contributed by atoms with E-state index < -0.39 is 26.0 Å². The molecule has 13 heteroatoms. The normalized spacial score (nSPS) is 14.8. The van der Waals surface area contributed by atoms with Gasteiger partial charge in [-0.1, -0.05) is 18.0 Å². The van der Waals surface area contributed by atoms with Crippen LogP contribution < -0.4 is 10.0 Å². The lowest BCUT2D eigenvalue weighted by Gasteiger charge is -2.26. The van der Waals surface area contributed by atoms with E-state index in [9.17, 15) is 21.6 Å². The standard InChI is InChI=1S/C24H26ClN5O5S2/c1-16-14-17(2)27-24(26-16)29-36(32,33)19-8-6-18(7-9-19)28-23(31)21-15-20(10-11-22(21)25)37(34,35)30-12-4-3-5-13-30/h6-11,14-15H,3-5,12-13H2,1-2H3,(H,28,31)(H,26,27,29). The quantitative estimate of drug-likeness (QED) is 0.443. The Balaban J connectivity index is 1.50. The Morgan fingerprint density at radius 2 is 1.46 bits per heavy atom. The second-order valence-electron chi connectivity index (χ2n) is 8.66. The lowest BCUT2D eigenvalue weighted by atomic mass is 10.2. The van der Waals surface area contributed by atoms with Crippen LogP contribution in [0.1, 0.15) is 41.0 Å². The fourth-order valence-electron chi connectivity index (χ4n) is 3.96. The summed E-state index contributed by atoms with van der Waals surface area (Å²) in [4.78, 5) is 21.0. The Kier molecular flexibility index (Phi) is 7.83. The number of carbonyl (C=O) groups excluding carboxylic acids is 1. The number of rotatable bonds is 7. The summed E-state index contributed by atoms with van der Waals surface area (Å²) in [5.74, 6) is -0.665. The molecule has 2 N–H and O–H groups in total. The largest absolute Gasteiger partial charge is 0.322 e. The minimum atomic E-state index is -3.96. The molecule has 4 rings (SSSR count). The van der Waals surface area contributed by atoms with E-state index in [4.69, 9.17) is 11.6 Å². The van der Waals surface area contributed by atoms with Crippen LogP contribution >= 0.6 is 11.6 Å². The van der Waals surface area contributed by atoms with Gasteiger partial charge >= 0.3 is 0 Å². The summed E-state index contributed by atoms with van der Waals surface area (Å²) in [6.07, 6.45) is 2.56. The zero-order valence-electron chi connectivity index (χ0n) is 20.2. The molecule has 2 aromatic carbocycles. The second-order valence-corrected chi connectivity index (χ2v) is 12.7. The van der Waals surface area contributed by atoms with Crippen LogP contribution in [0.2, 0.25) is 5.02 Å². The number of amides is 1. The molecule has 0 radical (unpaired) electrons. The molecule has 0 atom stereocenters. The molecule has 0 aliphatic carbocycles. The number of anilines is 2. The van der Waals surface area contributed by atoms with Gasteiger partial charge in [0.05, 0.1) is 20.4 Å². The summed E-state index contributed by atoms with van der Waals surface area (Å²) in [7, 11) is -7.71. The zero-order valence-corrected chi connectivity index (χ0v) is 22.6. The third-order valence-corrected chi connectivity index (χ3v) is 9.33. The topological polar surface area (TPSA) is 138 Å². The van der Waals surface area contributed by atoms with E-state index in [1.54, 1.807) is 19.9 Å². The maximum atomic E-state index is 13.0. The Labute approximate surface area is 221 Å². The second kappa shape index (κ2) is 10.7. The van der Waals surface area contributed by atoms with Crippen LogP contribution in [0.3, 0.4) is 0 Å². The van der Waals surface area contributed by atoms with E-state index in [2.05, 4.69) is 20.0 Å². The van der Waals surface area contributed by atoms with Gasteiger partial charge in [-0.05, 0) is 75.2 Å². The molecule has 196 valence electrons. The van der Waals surface area contributed by atoms with Crippen LogP contribution in [0.5, 0.6) is 0 Å². The summed E-state index contributed by atoms with van der Waals surface area (Å²) >= 11 is 6.21. The molecule has 0 spiro atoms. The number of nitrogens with zero attached hydrogens (tertiary/aromatic N) is 3. The van der Waals surface area contributed by atoms with Gasteiger partial charge in [-0.25, -0.2) is 31.5 Å². The monoisotopic (exact) mass is 563 g/mol. The van der Waals surface area contributed by atoms with Gasteiger partial charge in [0.25, 0.3) is 15.9 Å². The molecular formula is C24H26ClN5O5S2. The smallest absolute Gasteiger partial charge is 0.264 e. The molecule has 0 saturated carbocycles. The molecule has 2 heterocycles. The van der Waals surface area contributed by atoms with E-state index >= 15 is 0 Å². The number of piperidine rings is 1. The van der Waals surface area contributed by atoms with Crippen molar-refractivity contribution in [2.45, 2.75) is 42.9 Å². The zero-order chi connectivity index (χ0) is 26.8. The van der Waals surface area contributed by atoms with Crippen LogP contribution in [0.25, 0.3) is 0 Å². The third-order valence-electron chi connectivity index (χ3n) is 5.77. The Morgan fingerprint density at radius 3 is 2.08 bits per heavy atom. The molecular weight excluding hydrogens is 538 g/mol. The SMILES string of the molecule is Cc1cc(C)nc(NS(=O)(=O)c2ccc(NC(=O)c3cc(S(=O)(=O)N4CCCCC4)ccc3Cl)cc2)n1. The van der Waals surface area contributed by atoms with Gasteiger partial charge in [0, 0.05) is 30.2 Å². The van der Waals surface area contributed by atoms with Crippen molar-refractivity contribution in [2.75, 3.05) is 23.1 Å². The Morgan fingerprint density at radius 1 is 0.865 bits per heavy atom. The molecule has 10 nitrogen and oxygen atoms in total. The van der Waals surface area contributed by atoms with Crippen LogP contribution in [0, 0.1) is 13.8 Å². The number of halogens is 1. The Hall–Kier alpha value is -3.06. The first-order valence-electron chi connectivity index (χ1n) is 11.5. The highest BCUT2D eigenvalue weighted by Gasteiger charge is 2.27. The molecule has 0 unspecified atom stereocenters. The molecule has 1 aromatic heterocycles. The summed E-state index contributed by atoms with van der Waals surface area (Å²) in [5, 5.41) is 2.72. The summed E-state index contributed by atoms with van der Waals surface area (Å²) in [6.45, 7) is 4.34. The first-order chi connectivity index (χ1) is 17.5. The lowest BCUT2D eigenvalue weighted by molar-refractivity contribution is 0.102. The van der Waals surface area contributed by atoms with Gasteiger partial charge in [-0.2, -0.15) is 4.31 Å². The van der Waals surface area contributed by atoms with E-state index in [-0.39, 0.29) is 26.3 Å². The third kappa shape index (κ3) is 6.27. The van der Waals surface area contributed by atoms with Gasteiger partial charge in [-0.3, -0.25) is 4.79 Å². The summed E-state index contributed by atoms with van der Waals surface area (Å²) in [6, 6.07) is 11.2. The average molecular weight is 564 g/mol. The van der Waals surface area contributed by atoms with E-state index in [1.807, 2.05) is 0 Å². The molecule has 1 amide bonds. The molecule has 1 aliphatic rings. The first kappa shape index (κ1) is 27.0. The van der Waals surface area contributed by atoms with Crippen LogP contribution in [-0.2, 0) is 20.0 Å². The number of sulfonamides is 2. The van der Waals surface area contributed by atoms with Gasteiger partial charge < -0.3 is 5.32 Å². The number of aryl methyl sites for hydroxylation is 2. The van der Waals surface area contributed by atoms with Crippen LogP contribution in [0.15, 0.2) is 58.3 Å². The van der Waals surface area contributed by atoms with Crippen molar-refractivity contribution >= 4 is 49.2 Å². The highest BCUT2D eigenvalue weighted by atomic mass is 35.5. The molecule has 1 fully saturated rings. The predicted octanol–water partition coefficient (Wildman–Crippen LogP) is 3.97. The van der Waals surface area contributed by atoms with E-state index in [0.717, 1.165) is 19.3 Å². The van der Waals surface area contributed by atoms with Crippen molar-refractivity contribution in [3.05, 3.63) is 70.5 Å². The number of benzene rings is 2. The molecule has 0 bridgehead atoms. The Bertz CT molecular complexity index is 1520. The van der Waals surface area contributed by atoms with E-state index in [1.165, 1.54) is 46.8 Å². The number of aromatic nitrogens is 2. The maximum Gasteiger partial charge on any atom is 0.264 e. The number of nitrogens with one attached hydrogen (secondary N) is 2. The highest BCUT2D eigenvalue weighted by molar-refractivity contribution is 7.92. The van der Waals surface area contributed by atoms with Gasteiger partial charge in [0.15, 0.2) is 0 Å². The number of carbonyl (C=O) groups is 1. The molecule has 3 aromatic rings. The average Bonchev–Trinajstić information content (AvgIpc) is 2.84. The van der Waals surface area contributed by atoms with Crippen molar-refractivity contribution in [1.29, 1.82) is 0 Å². The lowest BCUT2D eigenvalue weighted by Crippen LogP contribution is -2.35. The minimum Gasteiger partial charge on any atom is -0.322 e. The fraction of sp³-hybridized carbons (Fsp3) is 0.292. The van der Waals surface area contributed by atoms with Crippen LogP contribution in [0.4, 0.5) is 11.6 Å². The molecule has 1 aliphatic heterocycles. The van der Waals surface area contributed by atoms with Crippen LogP contribution in [-0.4, -0.2) is 50.1 Å². The summed E-state index contributed by atoms with van der Waals surface area (Å²) < 4.78 is 55.2. The van der Waals surface area contributed by atoms with E-state index in [0.29, 0.717) is 30.2 Å². The van der Waals surface area contributed by atoms with Crippen molar-refractivity contribution in [3.63, 3.8) is 0 Å². The van der Waals surface area contributed by atoms with Gasteiger partial charge in [-0.15, -0.1) is 0 Å². The van der Waals surface area contributed by atoms with Gasteiger partial charge in [0.2, 0.25) is 16.0 Å². The molecule has 1 saturated heterocycles. The maximum absolute atomic E-state index is 13.0. The number of hydrogen-bond acceptors (Lipinski definition) is 7. The van der Waals surface area contributed by atoms with Crippen molar-refractivity contribution in [3.8, 4) is 0 Å². The summed E-state index contributed by atoms with van der Waals surface area (Å²) in [5.41, 5.74) is 1.53. The first-order valence-corrected chi connectivity index (χ1v) is 14.8. The van der Waals surface area contributed by atoms with Crippen molar-refractivity contribution < 1.29 is 21.6 Å². The number of hydrogen-bond donors (Lipinski definition) is 2. The van der Waals surface area contributed by atoms with Crippen molar-refractivity contribution in [1.82, 2.24) is 14.3 Å². The fourth-order valence-corrected chi connectivity index (χ4v) is 6.65. The highest BCUT2D eigenvalue weighted by Crippen LogP contribution is 2.26. The predicted molar refractivity (Wildman–Crippen MR) is 141 cm³/mol. The van der Waals surface area contributed by atoms with Gasteiger partial charge in [0.1, 0.15) is 0 Å². The minimum absolute atomic E-state index is 0.00918. The van der Waals surface area contributed by atoms with Crippen molar-refractivity contribution in [2.24, 2.45) is 0 Å².